The van der Waals surface area contributed by atoms with Crippen LogP contribution >= 0.6 is 0 Å². The summed E-state index contributed by atoms with van der Waals surface area (Å²) in [5, 5.41) is 43.7. The Morgan fingerprint density at radius 2 is 2.07 bits per heavy atom. The highest BCUT2D eigenvalue weighted by atomic mass is 16.5. The van der Waals surface area contributed by atoms with Crippen LogP contribution in [0.5, 0.6) is 11.5 Å². The SMILES string of the molecule is C[N@+]1(CC2CC2)CC[C@]23c4c5ccc(O)c4O[C@H]2[C@](O)(C(=O)O)C[C@@]3(O)[C@H]1C5. The Balaban J connectivity index is 1.62. The minimum absolute atomic E-state index is 0.0585. The molecule has 0 amide bonds. The first-order valence-corrected chi connectivity index (χ1v) is 10.2. The number of hydrogen-bond acceptors (Lipinski definition) is 5. The highest BCUT2D eigenvalue weighted by Crippen LogP contribution is 2.70. The number of quaternary nitrogens is 1. The number of benzene rings is 1. The number of aliphatic hydroxyl groups is 2. The van der Waals surface area contributed by atoms with Crippen molar-refractivity contribution in [3.63, 3.8) is 0 Å². The molecule has 0 aromatic heterocycles. The Bertz CT molecular complexity index is 930. The van der Waals surface area contributed by atoms with E-state index >= 15 is 0 Å². The number of piperidine rings is 1. The second kappa shape index (κ2) is 4.66. The van der Waals surface area contributed by atoms with E-state index in [1.807, 2.05) is 6.07 Å². The monoisotopic (exact) mass is 388 g/mol. The zero-order chi connectivity index (χ0) is 19.7. The van der Waals surface area contributed by atoms with Gasteiger partial charge in [-0.2, -0.15) is 0 Å². The molecular weight excluding hydrogens is 362 g/mol. The lowest BCUT2D eigenvalue weighted by Gasteiger charge is -2.60. The lowest BCUT2D eigenvalue weighted by Crippen LogP contribution is -2.76. The molecule has 1 spiro atoms. The number of carboxylic acids is 1. The molecule has 2 saturated carbocycles. The van der Waals surface area contributed by atoms with Crippen LogP contribution in [0.4, 0.5) is 0 Å². The Hall–Kier alpha value is -1.83. The van der Waals surface area contributed by atoms with Crippen LogP contribution in [0.15, 0.2) is 12.1 Å². The average molecular weight is 388 g/mol. The van der Waals surface area contributed by atoms with Crippen molar-refractivity contribution in [2.75, 3.05) is 20.1 Å². The van der Waals surface area contributed by atoms with E-state index in [-0.39, 0.29) is 24.0 Å². The van der Waals surface area contributed by atoms with Gasteiger partial charge in [-0.25, -0.2) is 4.79 Å². The van der Waals surface area contributed by atoms with Crippen molar-refractivity contribution in [2.24, 2.45) is 5.92 Å². The summed E-state index contributed by atoms with van der Waals surface area (Å²) < 4.78 is 6.68. The predicted molar refractivity (Wildman–Crippen MR) is 97.1 cm³/mol. The molecular formula is C21H26NO6+. The van der Waals surface area contributed by atoms with Crippen molar-refractivity contribution in [1.82, 2.24) is 0 Å². The fourth-order valence-corrected chi connectivity index (χ4v) is 7.24. The quantitative estimate of drug-likeness (QED) is 0.563. The summed E-state index contributed by atoms with van der Waals surface area (Å²) in [5.41, 5.74) is -2.84. The van der Waals surface area contributed by atoms with Crippen molar-refractivity contribution in [3.05, 3.63) is 23.3 Å². The number of carbonyl (C=O) groups is 1. The molecule has 1 aromatic rings. The topological polar surface area (TPSA) is 107 Å². The molecule has 1 aromatic carbocycles. The number of hydrogen-bond donors (Lipinski definition) is 4. The third-order valence-corrected chi connectivity index (χ3v) is 8.57. The molecule has 5 aliphatic rings. The number of ether oxygens (including phenoxy) is 1. The highest BCUT2D eigenvalue weighted by Gasteiger charge is 2.84. The van der Waals surface area contributed by atoms with Gasteiger partial charge in [-0.1, -0.05) is 6.07 Å². The van der Waals surface area contributed by atoms with E-state index in [2.05, 4.69) is 7.05 Å². The fourth-order valence-electron chi connectivity index (χ4n) is 7.24. The van der Waals surface area contributed by atoms with E-state index < -0.39 is 28.7 Å². The van der Waals surface area contributed by atoms with Gasteiger partial charge >= 0.3 is 5.97 Å². The van der Waals surface area contributed by atoms with E-state index in [1.165, 1.54) is 12.8 Å². The molecule has 4 N–H and O–H groups in total. The maximum absolute atomic E-state index is 12.2. The minimum Gasteiger partial charge on any atom is -0.504 e. The fraction of sp³-hybridized carbons (Fsp3) is 0.667. The van der Waals surface area contributed by atoms with Gasteiger partial charge in [-0.15, -0.1) is 0 Å². The zero-order valence-corrected chi connectivity index (χ0v) is 15.9. The number of likely N-dealkylation sites (tertiary alicyclic amines) is 1. The smallest absolute Gasteiger partial charge is 0.339 e. The summed E-state index contributed by atoms with van der Waals surface area (Å²) in [7, 11) is 2.17. The average Bonchev–Trinajstić information content (AvgIpc) is 3.29. The Morgan fingerprint density at radius 1 is 1.32 bits per heavy atom. The first kappa shape index (κ1) is 17.1. The van der Waals surface area contributed by atoms with Gasteiger partial charge in [0.2, 0.25) is 5.60 Å². The van der Waals surface area contributed by atoms with Gasteiger partial charge in [0.05, 0.1) is 25.6 Å². The molecule has 2 bridgehead atoms. The molecule has 2 aliphatic heterocycles. The summed E-state index contributed by atoms with van der Waals surface area (Å²) in [4.78, 5) is 12.1. The van der Waals surface area contributed by atoms with Gasteiger partial charge in [-0.05, 0) is 24.5 Å². The van der Waals surface area contributed by atoms with Crippen LogP contribution in [-0.4, -0.2) is 74.4 Å². The molecule has 0 radical (unpaired) electrons. The number of nitrogens with zero attached hydrogens (tertiary/aromatic N) is 1. The van der Waals surface area contributed by atoms with Crippen LogP contribution in [0, 0.1) is 5.92 Å². The Morgan fingerprint density at radius 3 is 2.75 bits per heavy atom. The first-order chi connectivity index (χ1) is 13.2. The number of likely N-dealkylation sites (N-methyl/N-ethyl adjacent to an activating group) is 1. The Labute approximate surface area is 162 Å². The summed E-state index contributed by atoms with van der Waals surface area (Å²) in [6, 6.07) is 3.25. The van der Waals surface area contributed by atoms with Crippen molar-refractivity contribution in [1.29, 1.82) is 0 Å². The number of aliphatic carboxylic acids is 1. The van der Waals surface area contributed by atoms with Gasteiger partial charge in [0, 0.05) is 30.7 Å². The number of rotatable bonds is 3. The lowest BCUT2D eigenvalue weighted by atomic mass is 9.55. The molecule has 3 fully saturated rings. The molecule has 6 atom stereocenters. The number of aromatic hydroxyl groups is 1. The summed E-state index contributed by atoms with van der Waals surface area (Å²) in [6.45, 7) is 1.77. The molecule has 1 saturated heterocycles. The zero-order valence-electron chi connectivity index (χ0n) is 15.9. The van der Waals surface area contributed by atoms with Crippen LogP contribution in [0.3, 0.4) is 0 Å². The molecule has 6 rings (SSSR count). The number of phenols is 1. The minimum atomic E-state index is -2.19. The van der Waals surface area contributed by atoms with Gasteiger partial charge < -0.3 is 29.6 Å². The van der Waals surface area contributed by atoms with Crippen LogP contribution in [0.25, 0.3) is 0 Å². The molecule has 7 heteroatoms. The maximum Gasteiger partial charge on any atom is 0.339 e. The molecule has 2 heterocycles. The van der Waals surface area contributed by atoms with Crippen molar-refractivity contribution >= 4 is 5.97 Å². The summed E-state index contributed by atoms with van der Waals surface area (Å²) >= 11 is 0. The van der Waals surface area contributed by atoms with E-state index in [0.29, 0.717) is 23.2 Å². The standard InChI is InChI=1S/C21H25NO6/c1-22(9-11-2-3-11)7-6-19-15-12-4-5-13(23)16(15)28-17(19)20(26,18(24)25)10-21(19,27)14(22)8-12/h4-5,11,14,17,26-27H,2-3,6-10H2,1H3,(H-,23,24,25)/p+1/t14-,17-,19+,20+,21-,22-/m1/s1. The van der Waals surface area contributed by atoms with Gasteiger partial charge in [0.1, 0.15) is 11.6 Å². The molecule has 0 unspecified atom stereocenters. The van der Waals surface area contributed by atoms with Crippen LogP contribution in [-0.2, 0) is 16.6 Å². The largest absolute Gasteiger partial charge is 0.504 e. The van der Waals surface area contributed by atoms with E-state index in [4.69, 9.17) is 4.74 Å². The van der Waals surface area contributed by atoms with Crippen molar-refractivity contribution < 1.29 is 34.4 Å². The van der Waals surface area contributed by atoms with Crippen LogP contribution in [0.2, 0.25) is 0 Å². The third kappa shape index (κ3) is 1.63. The normalized spacial score (nSPS) is 47.5. The molecule has 3 aliphatic carbocycles. The molecule has 7 nitrogen and oxygen atoms in total. The lowest BCUT2D eigenvalue weighted by molar-refractivity contribution is -0.950. The Kier molecular flexibility index (Phi) is 2.84. The van der Waals surface area contributed by atoms with Crippen LogP contribution < -0.4 is 4.74 Å². The second-order valence-electron chi connectivity index (χ2n) is 10.0. The van der Waals surface area contributed by atoms with Crippen molar-refractivity contribution in [2.45, 2.75) is 60.9 Å². The maximum atomic E-state index is 12.2. The summed E-state index contributed by atoms with van der Waals surface area (Å²) in [5.74, 6) is -0.519. The third-order valence-electron chi connectivity index (χ3n) is 8.57. The van der Waals surface area contributed by atoms with E-state index in [9.17, 15) is 25.2 Å². The predicted octanol–water partition coefficient (Wildman–Crippen LogP) is 0.526. The number of carboxylic acid groups (broad SMARTS) is 1. The second-order valence-corrected chi connectivity index (χ2v) is 10.0. The van der Waals surface area contributed by atoms with E-state index in [1.54, 1.807) is 6.07 Å². The van der Waals surface area contributed by atoms with Gasteiger partial charge in [0.25, 0.3) is 0 Å². The van der Waals surface area contributed by atoms with E-state index in [0.717, 1.165) is 24.2 Å². The summed E-state index contributed by atoms with van der Waals surface area (Å²) in [6.07, 6.45) is 2.22. The highest BCUT2D eigenvalue weighted by molar-refractivity contribution is 5.82. The van der Waals surface area contributed by atoms with Gasteiger partial charge in [-0.3, -0.25) is 0 Å². The van der Waals surface area contributed by atoms with Gasteiger partial charge in [0.15, 0.2) is 17.6 Å². The molecule has 150 valence electrons. The van der Waals surface area contributed by atoms with Crippen LogP contribution in [0.1, 0.15) is 36.8 Å². The number of phenolic OH excluding ortho intramolecular Hbond substituents is 1. The van der Waals surface area contributed by atoms with Crippen molar-refractivity contribution in [3.8, 4) is 11.5 Å². The molecule has 28 heavy (non-hydrogen) atoms. The first-order valence-electron chi connectivity index (χ1n) is 10.2.